The fourth-order valence-corrected chi connectivity index (χ4v) is 6.39. The Balaban J connectivity index is 1.87. The second kappa shape index (κ2) is 13.8. The summed E-state index contributed by atoms with van der Waals surface area (Å²) in [5.41, 5.74) is -3.94. The van der Waals surface area contributed by atoms with Gasteiger partial charge in [0.15, 0.2) is 11.4 Å². The molecule has 18 nitrogen and oxygen atoms in total. The lowest BCUT2D eigenvalue weighted by atomic mass is 10.0. The van der Waals surface area contributed by atoms with Crippen molar-refractivity contribution in [1.82, 2.24) is 9.13 Å². The Kier molecular flexibility index (Phi) is 10.2. The normalized spacial score (nSPS) is 12.0. The molecule has 0 fully saturated rings. The van der Waals surface area contributed by atoms with Crippen molar-refractivity contribution in [2.45, 2.75) is 50.6 Å². The Morgan fingerprint density at radius 3 is 1.28 bits per heavy atom. The third kappa shape index (κ3) is 6.76. The van der Waals surface area contributed by atoms with Crippen LogP contribution in [-0.2, 0) is 33.3 Å². The van der Waals surface area contributed by atoms with E-state index in [2.05, 4.69) is 20.5 Å². The van der Waals surface area contributed by atoms with Crippen LogP contribution in [0.4, 0.5) is 22.7 Å². The highest BCUT2D eigenvalue weighted by Gasteiger charge is 2.25. The van der Waals surface area contributed by atoms with Crippen LogP contribution in [0.1, 0.15) is 36.1 Å². The number of pyridine rings is 2. The van der Waals surface area contributed by atoms with Crippen molar-refractivity contribution in [3.63, 3.8) is 0 Å². The molecule has 258 valence electrons. The molecule has 0 aliphatic carbocycles. The number of rotatable bonds is 9. The Hall–Kier alpha value is -6.06. The minimum atomic E-state index is -5.12. The minimum Gasteiger partial charge on any atom is -0.493 e. The summed E-state index contributed by atoms with van der Waals surface area (Å²) in [6.45, 7) is 5.74. The van der Waals surface area contributed by atoms with Crippen molar-refractivity contribution in [3.05, 3.63) is 79.4 Å². The van der Waals surface area contributed by atoms with E-state index >= 15 is 0 Å². The van der Waals surface area contributed by atoms with Crippen LogP contribution >= 0.6 is 0 Å². The number of hydrogen-bond donors (Lipinski definition) is 4. The average Bonchev–Trinajstić information content (AvgIpc) is 3.04. The molecular formula is C30H26N8O10S2. The van der Waals surface area contributed by atoms with Gasteiger partial charge >= 0.3 is 0 Å². The molecule has 0 bridgehead atoms. The zero-order chi connectivity index (χ0) is 37.3. The van der Waals surface area contributed by atoms with Crippen molar-refractivity contribution in [3.8, 4) is 35.0 Å². The number of nitrogens with zero attached hydrogens (tertiary/aromatic N) is 8. The molecule has 0 unspecified atom stereocenters. The van der Waals surface area contributed by atoms with Gasteiger partial charge in [-0.05, 0) is 52.0 Å². The van der Waals surface area contributed by atoms with E-state index in [1.165, 1.54) is 39.8 Å². The SMILES string of the molecule is CCn1c(O)c(N=Nc2ccc(-c3ccc(N=Nc4c(C)c(C#N)c(=O)n(CC)c4O)cc3S(=O)(=O)O)c(S(=O)(=O)O)c2)c(C)c(C#N)c1=O. The van der Waals surface area contributed by atoms with Crippen LogP contribution in [0.25, 0.3) is 11.1 Å². The lowest BCUT2D eigenvalue weighted by Gasteiger charge is -2.13. The van der Waals surface area contributed by atoms with Gasteiger partial charge in [-0.15, -0.1) is 10.2 Å². The maximum absolute atomic E-state index is 12.5. The first-order valence-corrected chi connectivity index (χ1v) is 17.1. The standard InChI is InChI=1S/C30H26N8O10S2/c1-5-37-27(39)21(13-31)15(3)25(29(37)41)35-33-17-7-9-19(23(11-17)49(43,44)45)20-10-8-18(12-24(20)50(46,47)48)34-36-26-16(4)22(14-32)28(40)38(6-2)30(26)42/h7-12,41-42H,5-6H2,1-4H3,(H,43,44,45)(H,46,47,48). The van der Waals surface area contributed by atoms with Gasteiger partial charge < -0.3 is 10.2 Å². The molecule has 4 rings (SSSR count). The van der Waals surface area contributed by atoms with Gasteiger partial charge in [0.1, 0.15) is 33.1 Å². The quantitative estimate of drug-likeness (QED) is 0.134. The molecule has 4 aromatic rings. The Bertz CT molecular complexity index is 2400. The van der Waals surface area contributed by atoms with Gasteiger partial charge in [-0.25, -0.2) is 0 Å². The average molecular weight is 723 g/mol. The first kappa shape index (κ1) is 36.8. The molecule has 0 atom stereocenters. The van der Waals surface area contributed by atoms with Gasteiger partial charge in [0.05, 0.1) is 11.4 Å². The zero-order valence-electron chi connectivity index (χ0n) is 26.5. The van der Waals surface area contributed by atoms with Crippen LogP contribution < -0.4 is 11.1 Å². The summed E-state index contributed by atoms with van der Waals surface area (Å²) in [4.78, 5) is 23.2. The zero-order valence-corrected chi connectivity index (χ0v) is 28.1. The van der Waals surface area contributed by atoms with Crippen molar-refractivity contribution < 1.29 is 36.2 Å². The summed E-state index contributed by atoms with van der Waals surface area (Å²) in [5, 5.41) is 55.5. The molecule has 0 radical (unpaired) electrons. The summed E-state index contributed by atoms with van der Waals surface area (Å²) in [6, 6.07) is 9.57. The molecule has 50 heavy (non-hydrogen) atoms. The lowest BCUT2D eigenvalue weighted by molar-refractivity contribution is 0.411. The smallest absolute Gasteiger partial charge is 0.295 e. The third-order valence-electron chi connectivity index (χ3n) is 7.48. The molecule has 2 aromatic carbocycles. The van der Waals surface area contributed by atoms with Gasteiger partial charge in [-0.1, -0.05) is 12.1 Å². The van der Waals surface area contributed by atoms with E-state index < -0.39 is 64.0 Å². The fourth-order valence-electron chi connectivity index (χ4n) is 4.93. The number of azo groups is 2. The predicted octanol–water partition coefficient (Wildman–Crippen LogP) is 4.81. The molecule has 0 amide bonds. The first-order valence-electron chi connectivity index (χ1n) is 14.2. The summed E-state index contributed by atoms with van der Waals surface area (Å²) >= 11 is 0. The van der Waals surface area contributed by atoms with Crippen molar-refractivity contribution in [2.75, 3.05) is 0 Å². The molecule has 0 aliphatic rings. The lowest BCUT2D eigenvalue weighted by Crippen LogP contribution is -2.23. The van der Waals surface area contributed by atoms with Gasteiger partial charge in [0.25, 0.3) is 31.4 Å². The number of aromatic nitrogens is 2. The number of hydrogen-bond acceptors (Lipinski definition) is 14. The molecule has 2 heterocycles. The number of benzene rings is 2. The van der Waals surface area contributed by atoms with E-state index in [1.54, 1.807) is 12.1 Å². The maximum atomic E-state index is 12.5. The summed E-state index contributed by atoms with van der Waals surface area (Å²) in [6.07, 6.45) is 0. The van der Waals surface area contributed by atoms with E-state index in [4.69, 9.17) is 0 Å². The second-order valence-corrected chi connectivity index (χ2v) is 13.2. The van der Waals surface area contributed by atoms with Crippen molar-refractivity contribution in [2.24, 2.45) is 20.5 Å². The Labute approximate surface area is 283 Å². The number of nitriles is 2. The summed E-state index contributed by atoms with van der Waals surface area (Å²) < 4.78 is 71.9. The molecule has 0 aliphatic heterocycles. The number of aromatic hydroxyl groups is 2. The van der Waals surface area contributed by atoms with Crippen LogP contribution in [0.3, 0.4) is 0 Å². The first-order chi connectivity index (χ1) is 23.4. The van der Waals surface area contributed by atoms with Gasteiger partial charge in [0.2, 0.25) is 11.8 Å². The predicted molar refractivity (Wildman–Crippen MR) is 175 cm³/mol. The minimum absolute atomic E-state index is 0.00652. The molecule has 20 heteroatoms. The Morgan fingerprint density at radius 2 is 1.00 bits per heavy atom. The van der Waals surface area contributed by atoms with E-state index in [-0.39, 0.29) is 58.1 Å². The van der Waals surface area contributed by atoms with E-state index in [1.807, 2.05) is 0 Å². The third-order valence-corrected chi connectivity index (χ3v) is 9.26. The van der Waals surface area contributed by atoms with Crippen LogP contribution in [0.5, 0.6) is 11.8 Å². The molecule has 2 aromatic heterocycles. The van der Waals surface area contributed by atoms with E-state index in [0.717, 1.165) is 33.4 Å². The van der Waals surface area contributed by atoms with Crippen molar-refractivity contribution >= 4 is 43.0 Å². The van der Waals surface area contributed by atoms with Gasteiger partial charge in [-0.2, -0.15) is 37.6 Å². The van der Waals surface area contributed by atoms with Crippen LogP contribution in [0, 0.1) is 36.5 Å². The second-order valence-electron chi connectivity index (χ2n) is 10.4. The summed E-state index contributed by atoms with van der Waals surface area (Å²) in [5.74, 6) is -1.22. The van der Waals surface area contributed by atoms with Crippen LogP contribution in [0.15, 0.2) is 76.2 Å². The fraction of sp³-hybridized carbons (Fsp3) is 0.200. The van der Waals surface area contributed by atoms with E-state index in [0.29, 0.717) is 0 Å². The maximum Gasteiger partial charge on any atom is 0.295 e. The largest absolute Gasteiger partial charge is 0.493 e. The van der Waals surface area contributed by atoms with E-state index in [9.17, 15) is 56.3 Å². The highest BCUT2D eigenvalue weighted by atomic mass is 32.2. The molecule has 4 N–H and O–H groups in total. The Morgan fingerprint density at radius 1 is 0.660 bits per heavy atom. The van der Waals surface area contributed by atoms with Gasteiger partial charge in [-0.3, -0.25) is 27.8 Å². The monoisotopic (exact) mass is 722 g/mol. The highest BCUT2D eigenvalue weighted by molar-refractivity contribution is 7.86. The van der Waals surface area contributed by atoms with Gasteiger partial charge in [0, 0.05) is 35.3 Å². The topological polar surface area (TPSA) is 290 Å². The van der Waals surface area contributed by atoms with Crippen LogP contribution in [-0.4, -0.2) is 45.3 Å². The molecular weight excluding hydrogens is 697 g/mol. The molecule has 0 spiro atoms. The van der Waals surface area contributed by atoms with Crippen molar-refractivity contribution in [1.29, 1.82) is 10.5 Å². The van der Waals surface area contributed by atoms with Crippen LogP contribution in [0.2, 0.25) is 0 Å². The molecule has 0 saturated carbocycles. The summed E-state index contributed by atoms with van der Waals surface area (Å²) in [7, 11) is -10.2. The molecule has 0 saturated heterocycles. The highest BCUT2D eigenvalue weighted by Crippen LogP contribution is 2.39.